The Hall–Kier alpha value is -2.70. The second-order valence-corrected chi connectivity index (χ2v) is 9.34. The summed E-state index contributed by atoms with van der Waals surface area (Å²) in [6.07, 6.45) is 4.72. The van der Waals surface area contributed by atoms with Gasteiger partial charge in [-0.1, -0.05) is 42.5 Å². The van der Waals surface area contributed by atoms with Crippen molar-refractivity contribution >= 4 is 39.4 Å². The number of rotatable bonds is 7. The first kappa shape index (κ1) is 20.2. The molecule has 0 bridgehead atoms. The highest BCUT2D eigenvalue weighted by atomic mass is 32.1. The third-order valence-corrected chi connectivity index (χ3v) is 7.17. The molecule has 1 aromatic heterocycles. The summed E-state index contributed by atoms with van der Waals surface area (Å²) in [7, 11) is 0. The SMILES string of the molecule is O=C(/C=C/c1ccccc1)NCC1CC1CN1CCN(c2nsc3ccccc23)CC1. The molecular weight excluding hydrogens is 404 g/mol. The van der Waals surface area contributed by atoms with E-state index in [1.807, 2.05) is 36.4 Å². The van der Waals surface area contributed by atoms with E-state index in [9.17, 15) is 4.79 Å². The second kappa shape index (κ2) is 9.20. The summed E-state index contributed by atoms with van der Waals surface area (Å²) in [5.41, 5.74) is 1.05. The molecule has 2 aromatic carbocycles. The van der Waals surface area contributed by atoms with Gasteiger partial charge in [0.1, 0.15) is 5.82 Å². The maximum Gasteiger partial charge on any atom is 0.244 e. The van der Waals surface area contributed by atoms with Crippen molar-refractivity contribution in [2.45, 2.75) is 6.42 Å². The van der Waals surface area contributed by atoms with E-state index in [1.165, 1.54) is 16.5 Å². The van der Waals surface area contributed by atoms with Crippen molar-refractivity contribution in [1.82, 2.24) is 14.6 Å². The normalized spacial score (nSPS) is 21.6. The molecule has 0 spiro atoms. The standard InChI is InChI=1S/C25H28N4OS/c30-24(11-10-19-6-2-1-3-7-19)26-17-20-16-21(20)18-28-12-14-29(15-13-28)25-22-8-4-5-9-23(22)31-27-25/h1-11,20-21H,12-18H2,(H,26,30)/b11-10+. The van der Waals surface area contributed by atoms with E-state index in [2.05, 4.69) is 39.4 Å². The van der Waals surface area contributed by atoms with Crippen LogP contribution in [0.15, 0.2) is 60.7 Å². The minimum atomic E-state index is -0.00129. The van der Waals surface area contributed by atoms with E-state index >= 15 is 0 Å². The zero-order valence-electron chi connectivity index (χ0n) is 17.6. The molecule has 1 saturated heterocycles. The average molecular weight is 433 g/mol. The molecule has 2 aliphatic rings. The fourth-order valence-corrected chi connectivity index (χ4v) is 5.18. The molecule has 1 amide bonds. The number of piperazine rings is 1. The molecule has 5 rings (SSSR count). The molecule has 2 heterocycles. The Bertz CT molecular complexity index is 1060. The van der Waals surface area contributed by atoms with Gasteiger partial charge in [-0.15, -0.1) is 0 Å². The van der Waals surface area contributed by atoms with Crippen LogP contribution in [-0.4, -0.2) is 54.4 Å². The quantitative estimate of drug-likeness (QED) is 0.576. The number of aromatic nitrogens is 1. The number of carbonyl (C=O) groups excluding carboxylic acids is 1. The molecule has 31 heavy (non-hydrogen) atoms. The zero-order chi connectivity index (χ0) is 21.0. The molecule has 2 unspecified atom stereocenters. The molecular formula is C25H28N4OS. The fraction of sp³-hybridized carbons (Fsp3) is 0.360. The largest absolute Gasteiger partial charge is 0.353 e. The van der Waals surface area contributed by atoms with Crippen LogP contribution < -0.4 is 10.2 Å². The fourth-order valence-electron chi connectivity index (χ4n) is 4.39. The minimum absolute atomic E-state index is 0.00129. The van der Waals surface area contributed by atoms with Gasteiger partial charge in [0.15, 0.2) is 0 Å². The van der Waals surface area contributed by atoms with E-state index in [-0.39, 0.29) is 5.91 Å². The van der Waals surface area contributed by atoms with Crippen LogP contribution in [0, 0.1) is 11.8 Å². The maximum atomic E-state index is 12.1. The van der Waals surface area contributed by atoms with Gasteiger partial charge in [0, 0.05) is 50.7 Å². The van der Waals surface area contributed by atoms with E-state index in [0.717, 1.165) is 50.6 Å². The van der Waals surface area contributed by atoms with Crippen molar-refractivity contribution < 1.29 is 4.79 Å². The van der Waals surface area contributed by atoms with Gasteiger partial charge >= 0.3 is 0 Å². The molecule has 5 nitrogen and oxygen atoms in total. The molecule has 1 N–H and O–H groups in total. The van der Waals surface area contributed by atoms with Crippen LogP contribution in [0.2, 0.25) is 0 Å². The van der Waals surface area contributed by atoms with Crippen molar-refractivity contribution in [2.75, 3.05) is 44.2 Å². The lowest BCUT2D eigenvalue weighted by Crippen LogP contribution is -2.47. The molecule has 2 atom stereocenters. The molecule has 2 fully saturated rings. The van der Waals surface area contributed by atoms with Gasteiger partial charge < -0.3 is 10.2 Å². The van der Waals surface area contributed by atoms with E-state index in [0.29, 0.717) is 11.8 Å². The number of carbonyl (C=O) groups is 1. The van der Waals surface area contributed by atoms with Crippen molar-refractivity contribution in [3.63, 3.8) is 0 Å². The number of amides is 1. The van der Waals surface area contributed by atoms with Gasteiger partial charge in [0.2, 0.25) is 5.91 Å². The summed E-state index contributed by atoms with van der Waals surface area (Å²) < 4.78 is 5.97. The second-order valence-electron chi connectivity index (χ2n) is 8.54. The first-order valence-electron chi connectivity index (χ1n) is 11.1. The summed E-state index contributed by atoms with van der Waals surface area (Å²) in [5, 5.41) is 4.34. The van der Waals surface area contributed by atoms with E-state index in [4.69, 9.17) is 4.37 Å². The lowest BCUT2D eigenvalue weighted by atomic mass is 10.2. The summed E-state index contributed by atoms with van der Waals surface area (Å²) in [6, 6.07) is 18.4. The zero-order valence-corrected chi connectivity index (χ0v) is 18.4. The summed E-state index contributed by atoms with van der Waals surface area (Å²) >= 11 is 1.59. The molecule has 6 heteroatoms. The summed E-state index contributed by atoms with van der Waals surface area (Å²) in [4.78, 5) is 17.1. The first-order chi connectivity index (χ1) is 15.3. The van der Waals surface area contributed by atoms with Crippen molar-refractivity contribution in [2.24, 2.45) is 11.8 Å². The Morgan fingerprint density at radius 3 is 2.65 bits per heavy atom. The average Bonchev–Trinajstić information content (AvgIpc) is 3.41. The third kappa shape index (κ3) is 4.97. The molecule has 1 aliphatic heterocycles. The number of nitrogens with one attached hydrogen (secondary N) is 1. The molecule has 160 valence electrons. The molecule has 0 radical (unpaired) electrons. The van der Waals surface area contributed by atoms with Gasteiger partial charge in [-0.2, -0.15) is 4.37 Å². The van der Waals surface area contributed by atoms with Crippen molar-refractivity contribution in [3.8, 4) is 0 Å². The molecule has 1 aliphatic carbocycles. The van der Waals surface area contributed by atoms with Crippen LogP contribution in [0.25, 0.3) is 16.2 Å². The Balaban J connectivity index is 1.03. The predicted octanol–water partition coefficient (Wildman–Crippen LogP) is 3.88. The van der Waals surface area contributed by atoms with Crippen LogP contribution in [0.1, 0.15) is 12.0 Å². The Morgan fingerprint density at radius 1 is 1.03 bits per heavy atom. The number of anilines is 1. The van der Waals surface area contributed by atoms with Gasteiger partial charge in [-0.05, 0) is 53.6 Å². The van der Waals surface area contributed by atoms with Crippen molar-refractivity contribution in [1.29, 1.82) is 0 Å². The number of nitrogens with zero attached hydrogens (tertiary/aromatic N) is 3. The van der Waals surface area contributed by atoms with E-state index < -0.39 is 0 Å². The van der Waals surface area contributed by atoms with Crippen LogP contribution in [0.5, 0.6) is 0 Å². The lowest BCUT2D eigenvalue weighted by molar-refractivity contribution is -0.116. The van der Waals surface area contributed by atoms with Crippen LogP contribution in [0.4, 0.5) is 5.82 Å². The Morgan fingerprint density at radius 2 is 1.81 bits per heavy atom. The summed E-state index contributed by atoms with van der Waals surface area (Å²) in [6.45, 7) is 6.17. The van der Waals surface area contributed by atoms with Gasteiger partial charge in [-0.3, -0.25) is 9.69 Å². The van der Waals surface area contributed by atoms with Crippen LogP contribution in [0.3, 0.4) is 0 Å². The number of benzene rings is 2. The molecule has 1 saturated carbocycles. The number of hydrogen-bond acceptors (Lipinski definition) is 5. The minimum Gasteiger partial charge on any atom is -0.353 e. The predicted molar refractivity (Wildman–Crippen MR) is 128 cm³/mol. The number of hydrogen-bond donors (Lipinski definition) is 1. The highest BCUT2D eigenvalue weighted by Gasteiger charge is 2.38. The monoisotopic (exact) mass is 432 g/mol. The van der Waals surface area contributed by atoms with Crippen LogP contribution >= 0.6 is 11.5 Å². The maximum absolute atomic E-state index is 12.1. The molecule has 3 aromatic rings. The highest BCUT2D eigenvalue weighted by Crippen LogP contribution is 2.39. The number of fused-ring (bicyclic) bond motifs is 1. The Kier molecular flexibility index (Phi) is 6.00. The smallest absolute Gasteiger partial charge is 0.244 e. The van der Waals surface area contributed by atoms with Gasteiger partial charge in [-0.25, -0.2) is 0 Å². The van der Waals surface area contributed by atoms with Crippen LogP contribution in [-0.2, 0) is 4.79 Å². The highest BCUT2D eigenvalue weighted by molar-refractivity contribution is 7.13. The van der Waals surface area contributed by atoms with Crippen molar-refractivity contribution in [3.05, 3.63) is 66.2 Å². The third-order valence-electron chi connectivity index (χ3n) is 6.36. The Labute approximate surface area is 187 Å². The topological polar surface area (TPSA) is 48.5 Å². The van der Waals surface area contributed by atoms with Gasteiger partial charge in [0.25, 0.3) is 0 Å². The summed E-state index contributed by atoms with van der Waals surface area (Å²) in [5.74, 6) is 2.48. The van der Waals surface area contributed by atoms with E-state index in [1.54, 1.807) is 17.6 Å². The first-order valence-corrected chi connectivity index (χ1v) is 11.9. The van der Waals surface area contributed by atoms with Gasteiger partial charge in [0.05, 0.1) is 4.70 Å². The lowest BCUT2D eigenvalue weighted by Gasteiger charge is -2.35.